The lowest BCUT2D eigenvalue weighted by Crippen LogP contribution is -2.41. The zero-order chi connectivity index (χ0) is 20.4. The van der Waals surface area contributed by atoms with Crippen molar-refractivity contribution in [2.75, 3.05) is 12.4 Å². The van der Waals surface area contributed by atoms with Crippen molar-refractivity contribution in [3.05, 3.63) is 40.2 Å². The fourth-order valence-corrected chi connectivity index (χ4v) is 4.05. The van der Waals surface area contributed by atoms with Crippen molar-refractivity contribution >= 4 is 39.2 Å². The summed E-state index contributed by atoms with van der Waals surface area (Å²) < 4.78 is 36.6. The van der Waals surface area contributed by atoms with Gasteiger partial charge < -0.3 is 14.6 Å². The van der Waals surface area contributed by atoms with Crippen molar-refractivity contribution in [1.82, 2.24) is 9.88 Å². The minimum atomic E-state index is -4.01. The topological polar surface area (TPSA) is 128 Å². The van der Waals surface area contributed by atoms with Crippen molar-refractivity contribution < 1.29 is 27.3 Å². The van der Waals surface area contributed by atoms with E-state index in [0.717, 1.165) is 0 Å². The number of rotatable bonds is 6. The maximum Gasteiger partial charge on any atom is 0.339 e. The fourth-order valence-electron chi connectivity index (χ4n) is 2.32. The monoisotopic (exact) mass is 415 g/mol. The van der Waals surface area contributed by atoms with E-state index in [-0.39, 0.29) is 32.6 Å². The Morgan fingerprint density at radius 1 is 1.30 bits per heavy atom. The third kappa shape index (κ3) is 4.65. The van der Waals surface area contributed by atoms with E-state index in [1.165, 1.54) is 46.1 Å². The number of nitrogens with one attached hydrogen (secondary N) is 2. The molecule has 0 fully saturated rings. The van der Waals surface area contributed by atoms with E-state index < -0.39 is 27.9 Å². The van der Waals surface area contributed by atoms with Crippen LogP contribution < -0.4 is 10.0 Å². The van der Waals surface area contributed by atoms with Crippen molar-refractivity contribution in [2.24, 2.45) is 0 Å². The molecule has 1 aromatic heterocycles. The van der Waals surface area contributed by atoms with E-state index >= 15 is 0 Å². The zero-order valence-electron chi connectivity index (χ0n) is 15.0. The third-order valence-corrected chi connectivity index (χ3v) is 5.71. The van der Waals surface area contributed by atoms with Gasteiger partial charge in [-0.15, -0.1) is 0 Å². The van der Waals surface area contributed by atoms with Gasteiger partial charge in [-0.2, -0.15) is 4.72 Å². The van der Waals surface area contributed by atoms with Gasteiger partial charge in [-0.3, -0.25) is 4.79 Å². The van der Waals surface area contributed by atoms with Gasteiger partial charge in [0.1, 0.15) is 10.6 Å². The largest absolute Gasteiger partial charge is 0.465 e. The van der Waals surface area contributed by atoms with Gasteiger partial charge >= 0.3 is 5.97 Å². The molecule has 146 valence electrons. The molecule has 0 aliphatic rings. The van der Waals surface area contributed by atoms with Crippen molar-refractivity contribution in [1.29, 1.82) is 0 Å². The van der Waals surface area contributed by atoms with Crippen LogP contribution in [0.2, 0.25) is 5.02 Å². The van der Waals surface area contributed by atoms with Crippen LogP contribution in [0.25, 0.3) is 0 Å². The SMILES string of the molecule is COC(=O)c1cc(NC(=O)[C@H](C)NS(=O)(=O)c2c(C)noc2C)ccc1Cl. The van der Waals surface area contributed by atoms with E-state index in [1.807, 2.05) is 0 Å². The van der Waals surface area contributed by atoms with Gasteiger partial charge in [-0.1, -0.05) is 16.8 Å². The van der Waals surface area contributed by atoms with E-state index in [9.17, 15) is 18.0 Å². The molecular formula is C16H18ClN3O6S. The Labute approximate surface area is 161 Å². The molecule has 0 bridgehead atoms. The van der Waals surface area contributed by atoms with Crippen LogP contribution in [0.3, 0.4) is 0 Å². The Morgan fingerprint density at radius 2 is 1.96 bits per heavy atom. The molecule has 2 aromatic rings. The lowest BCUT2D eigenvalue weighted by molar-refractivity contribution is -0.117. The number of sulfonamides is 1. The number of carbonyl (C=O) groups excluding carboxylic acids is 2. The first kappa shape index (κ1) is 20.9. The Hall–Kier alpha value is -2.43. The molecule has 9 nitrogen and oxygen atoms in total. The summed E-state index contributed by atoms with van der Waals surface area (Å²) in [5.41, 5.74) is 0.516. The molecule has 11 heteroatoms. The number of hydrogen-bond acceptors (Lipinski definition) is 7. The van der Waals surface area contributed by atoms with E-state index in [4.69, 9.17) is 16.1 Å². The lowest BCUT2D eigenvalue weighted by Gasteiger charge is -2.15. The first-order chi connectivity index (χ1) is 12.6. The predicted molar refractivity (Wildman–Crippen MR) is 97.2 cm³/mol. The standard InChI is InChI=1S/C16H18ClN3O6S/c1-8-14(10(3)26-19-8)27(23,24)20-9(2)15(21)18-11-5-6-13(17)12(7-11)16(22)25-4/h5-7,9,20H,1-4H3,(H,18,21)/t9-/m0/s1. The summed E-state index contributed by atoms with van der Waals surface area (Å²) in [5, 5.41) is 6.27. The summed E-state index contributed by atoms with van der Waals surface area (Å²) in [5.74, 6) is -1.18. The van der Waals surface area contributed by atoms with E-state index in [2.05, 4.69) is 19.9 Å². The first-order valence-electron chi connectivity index (χ1n) is 7.70. The van der Waals surface area contributed by atoms with Crippen LogP contribution in [-0.4, -0.2) is 38.6 Å². The number of benzene rings is 1. The highest BCUT2D eigenvalue weighted by Gasteiger charge is 2.28. The lowest BCUT2D eigenvalue weighted by atomic mass is 10.2. The fraction of sp³-hybridized carbons (Fsp3) is 0.312. The Bertz CT molecular complexity index is 967. The van der Waals surface area contributed by atoms with Crippen LogP contribution in [0.1, 0.15) is 28.7 Å². The van der Waals surface area contributed by atoms with Gasteiger partial charge in [-0.05, 0) is 39.0 Å². The predicted octanol–water partition coefficient (Wildman–Crippen LogP) is 2.04. The maximum atomic E-state index is 12.5. The minimum absolute atomic E-state index is 0.0703. The number of carbonyl (C=O) groups is 2. The first-order valence-corrected chi connectivity index (χ1v) is 9.57. The summed E-state index contributed by atoms with van der Waals surface area (Å²) in [6.45, 7) is 4.32. The summed E-state index contributed by atoms with van der Waals surface area (Å²) in [6, 6.07) is 3.12. The Morgan fingerprint density at radius 3 is 2.52 bits per heavy atom. The van der Waals surface area contributed by atoms with Crippen LogP contribution in [0.4, 0.5) is 5.69 Å². The zero-order valence-corrected chi connectivity index (χ0v) is 16.6. The van der Waals surface area contributed by atoms with Gasteiger partial charge in [0.25, 0.3) is 0 Å². The molecule has 0 unspecified atom stereocenters. The number of aromatic nitrogens is 1. The van der Waals surface area contributed by atoms with Gasteiger partial charge in [0, 0.05) is 5.69 Å². The van der Waals surface area contributed by atoms with E-state index in [0.29, 0.717) is 0 Å². The number of aryl methyl sites for hydroxylation is 2. The number of methoxy groups -OCH3 is 1. The highest BCUT2D eigenvalue weighted by atomic mass is 35.5. The molecule has 0 saturated carbocycles. The molecule has 1 aromatic carbocycles. The summed E-state index contributed by atoms with van der Waals surface area (Å²) in [6.07, 6.45) is 0. The maximum absolute atomic E-state index is 12.5. The van der Waals surface area contributed by atoms with Gasteiger partial charge in [0.2, 0.25) is 15.9 Å². The van der Waals surface area contributed by atoms with Gasteiger partial charge in [-0.25, -0.2) is 13.2 Å². The number of esters is 1. The molecule has 1 amide bonds. The number of nitrogens with zero attached hydrogens (tertiary/aromatic N) is 1. The average molecular weight is 416 g/mol. The Kier molecular flexibility index (Phi) is 6.24. The summed E-state index contributed by atoms with van der Waals surface area (Å²) in [4.78, 5) is 23.9. The van der Waals surface area contributed by atoms with Crippen molar-refractivity contribution in [2.45, 2.75) is 31.7 Å². The van der Waals surface area contributed by atoms with Crippen LogP contribution in [-0.2, 0) is 19.6 Å². The number of halogens is 1. The molecule has 0 aliphatic heterocycles. The molecule has 1 heterocycles. The van der Waals surface area contributed by atoms with Crippen molar-refractivity contribution in [3.63, 3.8) is 0 Å². The summed E-state index contributed by atoms with van der Waals surface area (Å²) in [7, 11) is -2.81. The molecule has 0 radical (unpaired) electrons. The molecular weight excluding hydrogens is 398 g/mol. The van der Waals surface area contributed by atoms with Gasteiger partial charge in [0.05, 0.1) is 23.7 Å². The molecule has 0 spiro atoms. The van der Waals surface area contributed by atoms with Crippen LogP contribution in [0.15, 0.2) is 27.6 Å². The van der Waals surface area contributed by atoms with E-state index in [1.54, 1.807) is 0 Å². The van der Waals surface area contributed by atoms with Crippen LogP contribution in [0, 0.1) is 13.8 Å². The second kappa shape index (κ2) is 8.07. The molecule has 27 heavy (non-hydrogen) atoms. The molecule has 2 N–H and O–H groups in total. The molecule has 2 rings (SSSR count). The Balaban J connectivity index is 2.16. The number of hydrogen-bond donors (Lipinski definition) is 2. The summed E-state index contributed by atoms with van der Waals surface area (Å²) >= 11 is 5.92. The van der Waals surface area contributed by atoms with Crippen LogP contribution >= 0.6 is 11.6 Å². The smallest absolute Gasteiger partial charge is 0.339 e. The number of anilines is 1. The van der Waals surface area contributed by atoms with Crippen LogP contribution in [0.5, 0.6) is 0 Å². The quantitative estimate of drug-likeness (QED) is 0.691. The normalized spacial score (nSPS) is 12.5. The second-order valence-electron chi connectivity index (χ2n) is 5.67. The number of ether oxygens (including phenoxy) is 1. The highest BCUT2D eigenvalue weighted by molar-refractivity contribution is 7.89. The minimum Gasteiger partial charge on any atom is -0.465 e. The average Bonchev–Trinajstić information content (AvgIpc) is 2.94. The molecule has 0 aliphatic carbocycles. The third-order valence-electron chi connectivity index (χ3n) is 3.60. The highest BCUT2D eigenvalue weighted by Crippen LogP contribution is 2.22. The second-order valence-corrected chi connectivity index (χ2v) is 7.73. The molecule has 0 saturated heterocycles. The van der Waals surface area contributed by atoms with Crippen molar-refractivity contribution in [3.8, 4) is 0 Å². The molecule has 1 atom stereocenters. The number of amides is 1. The van der Waals surface area contributed by atoms with Gasteiger partial charge in [0.15, 0.2) is 5.76 Å².